The van der Waals surface area contributed by atoms with Crippen molar-refractivity contribution in [1.29, 1.82) is 0 Å². The Morgan fingerprint density at radius 2 is 1.08 bits per heavy atom. The molecule has 5 atom stereocenters. The fourth-order valence-corrected chi connectivity index (χ4v) is 8.27. The van der Waals surface area contributed by atoms with Gasteiger partial charge in [0, 0.05) is 37.5 Å². The third-order valence-corrected chi connectivity index (χ3v) is 12.4. The molecule has 0 bridgehead atoms. The fraction of sp³-hybridized carbons (Fsp3) is 0.837. The number of thioether (sulfide) groups is 1. The van der Waals surface area contributed by atoms with Crippen molar-refractivity contribution < 1.29 is 38.4 Å². The van der Waals surface area contributed by atoms with E-state index in [0.29, 0.717) is 70.2 Å². The van der Waals surface area contributed by atoms with Crippen LogP contribution in [0.5, 0.6) is 0 Å². The van der Waals surface area contributed by atoms with E-state index in [9.17, 15) is 38.4 Å². The minimum atomic E-state index is -1.04. The third kappa shape index (κ3) is 32.9. The molecule has 0 aliphatic carbocycles. The van der Waals surface area contributed by atoms with E-state index in [1.54, 1.807) is 0 Å². The second kappa shape index (κ2) is 39.8. The molecule has 0 spiro atoms. The van der Waals surface area contributed by atoms with Gasteiger partial charge in [-0.05, 0) is 95.7 Å². The van der Waals surface area contributed by atoms with Crippen LogP contribution in [0, 0.1) is 17.8 Å². The SMILES string of the molecule is CCCCCCCCCCCCCCCC(=O)N[C@@H](CCSC)C(=O)NCC(=O)C[C@@H](CCC(N)=O)C(=O)N[C@@H](CCCCN)C(=O)C[C@@H](CCCCN)C(=O)N[C@@H](CC(C)C)C(C)=O. The second-order valence-electron chi connectivity index (χ2n) is 18.4. The minimum Gasteiger partial charge on any atom is -0.370 e. The van der Waals surface area contributed by atoms with E-state index in [1.165, 1.54) is 76.5 Å². The Kier molecular flexibility index (Phi) is 37.7. The average Bonchev–Trinajstić information content (AvgIpc) is 3.25. The molecule has 0 saturated carbocycles. The normalized spacial score (nSPS) is 13.6. The number of hydrogen-bond donors (Lipinski definition) is 7. The number of carbonyl (C=O) groups excluding carboxylic acids is 8. The van der Waals surface area contributed by atoms with Gasteiger partial charge in [-0.1, -0.05) is 104 Å². The van der Waals surface area contributed by atoms with E-state index >= 15 is 0 Å². The van der Waals surface area contributed by atoms with Crippen LogP contribution >= 0.6 is 11.8 Å². The van der Waals surface area contributed by atoms with Crippen molar-refractivity contribution in [3.8, 4) is 0 Å². The van der Waals surface area contributed by atoms with Crippen molar-refractivity contribution in [2.24, 2.45) is 35.0 Å². The molecule has 0 aliphatic heterocycles. The van der Waals surface area contributed by atoms with E-state index in [1.807, 2.05) is 20.1 Å². The number of rotatable bonds is 44. The maximum absolute atomic E-state index is 14.0. The van der Waals surface area contributed by atoms with E-state index < -0.39 is 65.9 Å². The van der Waals surface area contributed by atoms with Crippen LogP contribution in [0.2, 0.25) is 0 Å². The van der Waals surface area contributed by atoms with Crippen LogP contribution in [-0.2, 0) is 38.4 Å². The topological polar surface area (TPSA) is 263 Å². The molecular formula is C49H91N7O8S. The van der Waals surface area contributed by atoms with Crippen LogP contribution in [0.3, 0.4) is 0 Å². The summed E-state index contributed by atoms with van der Waals surface area (Å²) in [6.45, 7) is 7.93. The van der Waals surface area contributed by atoms with Gasteiger partial charge in [-0.2, -0.15) is 11.8 Å². The number of carbonyl (C=O) groups is 8. The molecule has 0 aromatic rings. The number of nitrogens with one attached hydrogen (secondary N) is 4. The van der Waals surface area contributed by atoms with Gasteiger partial charge in [0.15, 0.2) is 17.3 Å². The summed E-state index contributed by atoms with van der Waals surface area (Å²) in [5, 5.41) is 11.1. The van der Waals surface area contributed by atoms with Crippen LogP contribution < -0.4 is 38.5 Å². The van der Waals surface area contributed by atoms with Gasteiger partial charge in [-0.25, -0.2) is 0 Å². The molecule has 16 heteroatoms. The average molecular weight is 938 g/mol. The lowest BCUT2D eigenvalue weighted by Gasteiger charge is -2.25. The molecule has 10 N–H and O–H groups in total. The van der Waals surface area contributed by atoms with E-state index in [2.05, 4.69) is 28.2 Å². The van der Waals surface area contributed by atoms with Crippen molar-refractivity contribution in [1.82, 2.24) is 21.3 Å². The summed E-state index contributed by atoms with van der Waals surface area (Å²) < 4.78 is 0. The molecule has 0 aromatic carbocycles. The summed E-state index contributed by atoms with van der Waals surface area (Å²) in [5.74, 6) is -4.52. The highest BCUT2D eigenvalue weighted by molar-refractivity contribution is 7.98. The molecule has 65 heavy (non-hydrogen) atoms. The molecule has 0 aliphatic rings. The maximum Gasteiger partial charge on any atom is 0.242 e. The lowest BCUT2D eigenvalue weighted by molar-refractivity contribution is -0.135. The number of ketones is 3. The van der Waals surface area contributed by atoms with E-state index in [-0.39, 0.29) is 55.5 Å². The second-order valence-corrected chi connectivity index (χ2v) is 19.3. The minimum absolute atomic E-state index is 0.0669. The molecule has 0 fully saturated rings. The molecule has 0 heterocycles. The molecule has 376 valence electrons. The van der Waals surface area contributed by atoms with Gasteiger partial charge in [-0.3, -0.25) is 38.4 Å². The van der Waals surface area contributed by atoms with E-state index in [0.717, 1.165) is 25.7 Å². The van der Waals surface area contributed by atoms with Crippen LogP contribution in [0.25, 0.3) is 0 Å². The van der Waals surface area contributed by atoms with Gasteiger partial charge < -0.3 is 38.5 Å². The van der Waals surface area contributed by atoms with Gasteiger partial charge in [0.1, 0.15) is 6.04 Å². The van der Waals surface area contributed by atoms with Gasteiger partial charge in [0.25, 0.3) is 0 Å². The lowest BCUT2D eigenvalue weighted by Crippen LogP contribution is -2.49. The molecule has 0 unspecified atom stereocenters. The zero-order valence-corrected chi connectivity index (χ0v) is 41.9. The van der Waals surface area contributed by atoms with Crippen molar-refractivity contribution in [3.63, 3.8) is 0 Å². The number of primary amides is 1. The molecule has 0 rings (SSSR count). The van der Waals surface area contributed by atoms with Crippen LogP contribution in [-0.4, -0.2) is 96.7 Å². The summed E-state index contributed by atoms with van der Waals surface area (Å²) in [7, 11) is 0. The lowest BCUT2D eigenvalue weighted by atomic mass is 9.89. The van der Waals surface area contributed by atoms with Crippen molar-refractivity contribution >= 4 is 58.6 Å². The number of unbranched alkanes of at least 4 members (excludes halogenated alkanes) is 14. The highest BCUT2D eigenvalue weighted by Gasteiger charge is 2.32. The molecule has 0 radical (unpaired) electrons. The first-order valence-electron chi connectivity index (χ1n) is 25.0. The fourth-order valence-electron chi connectivity index (χ4n) is 7.80. The zero-order valence-electron chi connectivity index (χ0n) is 41.1. The summed E-state index contributed by atoms with van der Waals surface area (Å²) in [6, 6.07) is -2.53. The number of Topliss-reactive ketones (excluding diaryl/α,β-unsaturated/α-hetero) is 3. The molecule has 0 aromatic heterocycles. The van der Waals surface area contributed by atoms with Crippen LogP contribution in [0.4, 0.5) is 0 Å². The predicted octanol–water partition coefficient (Wildman–Crippen LogP) is 6.10. The largest absolute Gasteiger partial charge is 0.370 e. The van der Waals surface area contributed by atoms with Gasteiger partial charge >= 0.3 is 0 Å². The summed E-state index contributed by atoms with van der Waals surface area (Å²) in [6.07, 6.45) is 20.7. The van der Waals surface area contributed by atoms with Gasteiger partial charge in [-0.15, -0.1) is 0 Å². The Morgan fingerprint density at radius 3 is 1.58 bits per heavy atom. The third-order valence-electron chi connectivity index (χ3n) is 11.8. The number of nitrogens with two attached hydrogens (primary N) is 3. The Labute approximate surface area is 396 Å². The van der Waals surface area contributed by atoms with E-state index in [4.69, 9.17) is 17.2 Å². The Hall–Kier alpha value is -3.37. The molecular weight excluding hydrogens is 847 g/mol. The quantitative estimate of drug-likeness (QED) is 0.0343. The smallest absolute Gasteiger partial charge is 0.242 e. The molecule has 15 nitrogen and oxygen atoms in total. The molecule has 5 amide bonds. The van der Waals surface area contributed by atoms with Crippen LogP contribution in [0.15, 0.2) is 0 Å². The summed E-state index contributed by atoms with van der Waals surface area (Å²) in [5.41, 5.74) is 16.9. The highest BCUT2D eigenvalue weighted by atomic mass is 32.2. The Balaban J connectivity index is 5.56. The van der Waals surface area contributed by atoms with Crippen molar-refractivity contribution in [2.75, 3.05) is 31.6 Å². The summed E-state index contributed by atoms with van der Waals surface area (Å²) >= 11 is 1.54. The summed E-state index contributed by atoms with van der Waals surface area (Å²) in [4.78, 5) is 105. The first-order chi connectivity index (χ1) is 31.1. The number of hydrogen-bond acceptors (Lipinski definition) is 11. The van der Waals surface area contributed by atoms with Gasteiger partial charge in [0.2, 0.25) is 29.5 Å². The highest BCUT2D eigenvalue weighted by Crippen LogP contribution is 2.20. The van der Waals surface area contributed by atoms with Crippen molar-refractivity contribution in [3.05, 3.63) is 0 Å². The molecule has 0 saturated heterocycles. The Bertz CT molecular complexity index is 1380. The van der Waals surface area contributed by atoms with Crippen molar-refractivity contribution in [2.45, 2.75) is 213 Å². The van der Waals surface area contributed by atoms with Crippen LogP contribution in [0.1, 0.15) is 195 Å². The monoisotopic (exact) mass is 938 g/mol. The maximum atomic E-state index is 14.0. The first kappa shape index (κ1) is 61.6. The van der Waals surface area contributed by atoms with Gasteiger partial charge in [0.05, 0.1) is 18.6 Å². The Morgan fingerprint density at radius 1 is 0.554 bits per heavy atom. The standard InChI is InChI=1S/C49H91N7O8S/c1-6-7-8-9-10-11-12-13-14-15-16-17-18-25-46(61)54-42(28-31-65-5)49(64)53-35-40(58)33-39(26-27-45(52)60)48(63)55-41(24-20-22-30-51)44(59)34-38(23-19-21-29-50)47(62)56-43(37(4)57)32-36(2)3/h36,38-39,41-43H,6-35,50-51H2,1-5H3,(H2,52,60)(H,53,64)(H,54,61)(H,55,63)(H,56,62)/t38-,39-,41+,42+,43+/m1/s1. The predicted molar refractivity (Wildman–Crippen MR) is 263 cm³/mol. The first-order valence-corrected chi connectivity index (χ1v) is 26.4. The zero-order chi connectivity index (χ0) is 48.8. The number of amides is 5.